The fourth-order valence-corrected chi connectivity index (χ4v) is 7.51. The monoisotopic (exact) mass is 578 g/mol. The van der Waals surface area contributed by atoms with Gasteiger partial charge in [0, 0.05) is 42.3 Å². The Bertz CT molecular complexity index is 1280. The molecule has 2 amide bonds. The summed E-state index contributed by atoms with van der Waals surface area (Å²) in [5.41, 5.74) is 1.89. The Kier molecular flexibility index (Phi) is 9.85. The number of carbonyl (C=O) groups excluding carboxylic acids is 2. The van der Waals surface area contributed by atoms with E-state index in [9.17, 15) is 24.6 Å². The Labute approximate surface area is 249 Å². The molecule has 1 aromatic rings. The topological polar surface area (TPSA) is 116 Å². The minimum Gasteiger partial charge on any atom is -0.504 e. The largest absolute Gasteiger partial charge is 0.504 e. The van der Waals surface area contributed by atoms with Gasteiger partial charge in [-0.25, -0.2) is 4.79 Å². The second kappa shape index (κ2) is 13.2. The highest BCUT2D eigenvalue weighted by atomic mass is 16.5. The van der Waals surface area contributed by atoms with Crippen LogP contribution in [0.25, 0.3) is 6.08 Å². The van der Waals surface area contributed by atoms with Crippen LogP contribution in [-0.2, 0) is 14.4 Å². The molecular weight excluding hydrogens is 532 g/mol. The van der Waals surface area contributed by atoms with E-state index < -0.39 is 5.97 Å². The number of ether oxygens (including phenoxy) is 1. The summed E-state index contributed by atoms with van der Waals surface area (Å²) >= 11 is 0. The van der Waals surface area contributed by atoms with E-state index >= 15 is 0 Å². The zero-order valence-corrected chi connectivity index (χ0v) is 25.4. The van der Waals surface area contributed by atoms with Gasteiger partial charge in [-0.05, 0) is 92.4 Å². The van der Waals surface area contributed by atoms with Gasteiger partial charge in [0.1, 0.15) is 0 Å². The number of allylic oxidation sites excluding steroid dienone is 1. The van der Waals surface area contributed by atoms with E-state index in [1.807, 2.05) is 11.0 Å². The molecule has 0 bridgehead atoms. The third kappa shape index (κ3) is 6.58. The molecule has 2 aliphatic carbocycles. The molecule has 1 saturated carbocycles. The lowest BCUT2D eigenvalue weighted by Crippen LogP contribution is -2.51. The first kappa shape index (κ1) is 31.4. The molecule has 0 aromatic heterocycles. The fourth-order valence-electron chi connectivity index (χ4n) is 7.51. The van der Waals surface area contributed by atoms with Gasteiger partial charge in [-0.2, -0.15) is 0 Å². The molecule has 8 heteroatoms. The van der Waals surface area contributed by atoms with Crippen molar-refractivity contribution in [3.63, 3.8) is 0 Å². The van der Waals surface area contributed by atoms with Crippen LogP contribution >= 0.6 is 0 Å². The highest BCUT2D eigenvalue weighted by Gasteiger charge is 2.55. The summed E-state index contributed by atoms with van der Waals surface area (Å²) in [4.78, 5) is 39.3. The molecule has 0 spiro atoms. The molecule has 1 heterocycles. The maximum atomic E-state index is 13.2. The fraction of sp³-hybridized carbons (Fsp3) is 0.559. The Morgan fingerprint density at radius 3 is 2.71 bits per heavy atom. The van der Waals surface area contributed by atoms with Crippen molar-refractivity contribution in [3.8, 4) is 11.5 Å². The molecule has 1 aliphatic heterocycles. The van der Waals surface area contributed by atoms with Gasteiger partial charge < -0.3 is 25.2 Å². The van der Waals surface area contributed by atoms with Crippen molar-refractivity contribution < 1.29 is 29.3 Å². The van der Waals surface area contributed by atoms with Crippen LogP contribution < -0.4 is 10.1 Å². The van der Waals surface area contributed by atoms with Gasteiger partial charge in [0.15, 0.2) is 11.5 Å². The molecule has 228 valence electrons. The van der Waals surface area contributed by atoms with Gasteiger partial charge in [-0.15, -0.1) is 0 Å². The number of hydrogen-bond acceptors (Lipinski definition) is 5. The third-order valence-corrected chi connectivity index (χ3v) is 10.3. The first-order chi connectivity index (χ1) is 20.0. The van der Waals surface area contributed by atoms with Crippen LogP contribution in [0.1, 0.15) is 77.7 Å². The van der Waals surface area contributed by atoms with Crippen LogP contribution in [0.3, 0.4) is 0 Å². The van der Waals surface area contributed by atoms with Crippen molar-refractivity contribution >= 4 is 23.9 Å². The Morgan fingerprint density at radius 1 is 1.19 bits per heavy atom. The van der Waals surface area contributed by atoms with E-state index in [0.29, 0.717) is 42.8 Å². The quantitative estimate of drug-likeness (QED) is 0.216. The molecule has 3 aliphatic rings. The van der Waals surface area contributed by atoms with E-state index in [-0.39, 0.29) is 28.4 Å². The summed E-state index contributed by atoms with van der Waals surface area (Å²) in [7, 11) is 1.47. The molecule has 0 saturated heterocycles. The number of unbranched alkanes of at least 4 members (excludes halogenated alkanes) is 1. The van der Waals surface area contributed by atoms with Crippen LogP contribution in [-0.4, -0.2) is 59.6 Å². The van der Waals surface area contributed by atoms with Crippen molar-refractivity contribution in [2.45, 2.75) is 72.1 Å². The number of carboxylic acids is 1. The summed E-state index contributed by atoms with van der Waals surface area (Å²) in [5, 5.41) is 22.5. The van der Waals surface area contributed by atoms with E-state index in [4.69, 9.17) is 4.74 Å². The highest BCUT2D eigenvalue weighted by molar-refractivity contribution is 5.95. The summed E-state index contributed by atoms with van der Waals surface area (Å²) in [6.45, 7) is 8.57. The minimum atomic E-state index is -0.783. The standard InChI is InChI=1S/C34H46N2O6/c1-23-14-17-34(3)26(32(40)41)8-7-9-29(34)33(23,2)18-15-25-16-21-36(31(25)39)20-6-5-19-35-30(38)13-11-24-10-12-27(37)28(22-24)42-4/h8,10-13,16,22-23,29,37H,5-7,9,14-15,17-21H2,1-4H3,(H,35,38)(H,40,41)/b13-11+/t23-,29-,33+,34+/m0/s1. The van der Waals surface area contributed by atoms with Crippen molar-refractivity contribution in [1.29, 1.82) is 0 Å². The number of fused-ring (bicyclic) bond motifs is 1. The van der Waals surface area contributed by atoms with Crippen molar-refractivity contribution in [2.24, 2.45) is 22.7 Å². The second-order valence-corrected chi connectivity index (χ2v) is 12.7. The maximum Gasteiger partial charge on any atom is 0.331 e. The molecule has 4 atom stereocenters. The number of amides is 2. The van der Waals surface area contributed by atoms with Crippen molar-refractivity contribution in [1.82, 2.24) is 10.2 Å². The van der Waals surface area contributed by atoms with Gasteiger partial charge in [-0.1, -0.05) is 39.0 Å². The molecule has 42 heavy (non-hydrogen) atoms. The predicted molar refractivity (Wildman–Crippen MR) is 163 cm³/mol. The number of hydrogen-bond donors (Lipinski definition) is 3. The van der Waals surface area contributed by atoms with Crippen LogP contribution in [0.15, 0.2) is 47.6 Å². The van der Waals surface area contributed by atoms with Gasteiger partial charge in [0.2, 0.25) is 11.8 Å². The number of carbonyl (C=O) groups is 3. The Balaban J connectivity index is 1.21. The van der Waals surface area contributed by atoms with Gasteiger partial charge >= 0.3 is 5.97 Å². The second-order valence-electron chi connectivity index (χ2n) is 12.7. The first-order valence-electron chi connectivity index (χ1n) is 15.2. The van der Waals surface area contributed by atoms with Crippen LogP contribution in [0.2, 0.25) is 0 Å². The molecule has 0 radical (unpaired) electrons. The summed E-state index contributed by atoms with van der Waals surface area (Å²) < 4.78 is 5.09. The zero-order valence-electron chi connectivity index (χ0n) is 25.4. The van der Waals surface area contributed by atoms with E-state index in [0.717, 1.165) is 62.5 Å². The number of benzene rings is 1. The predicted octanol–water partition coefficient (Wildman–Crippen LogP) is 5.72. The average molecular weight is 579 g/mol. The normalized spacial score (nSPS) is 27.4. The third-order valence-electron chi connectivity index (χ3n) is 10.3. The summed E-state index contributed by atoms with van der Waals surface area (Å²) in [6.07, 6.45) is 14.0. The molecule has 8 nitrogen and oxygen atoms in total. The molecule has 0 unspecified atom stereocenters. The minimum absolute atomic E-state index is 0.0164. The van der Waals surface area contributed by atoms with Crippen molar-refractivity contribution in [2.75, 3.05) is 26.7 Å². The SMILES string of the molecule is COc1cc(/C=C/C(=O)NCCCCN2CC=C(CC[C@]3(C)[C@@H](C)CC[C@]4(C)C(C(=O)O)=CCC[C@@H]34)C2=O)ccc1O. The Hall–Kier alpha value is -3.55. The number of carboxylic acid groups (broad SMARTS) is 1. The molecule has 4 rings (SSSR count). The van der Waals surface area contributed by atoms with E-state index in [2.05, 4.69) is 32.2 Å². The van der Waals surface area contributed by atoms with Crippen molar-refractivity contribution in [3.05, 3.63) is 53.1 Å². The van der Waals surface area contributed by atoms with Gasteiger partial charge in [0.25, 0.3) is 0 Å². The average Bonchev–Trinajstić information content (AvgIpc) is 3.32. The number of rotatable bonds is 12. The number of aromatic hydroxyl groups is 1. The van der Waals surface area contributed by atoms with Gasteiger partial charge in [0.05, 0.1) is 7.11 Å². The van der Waals surface area contributed by atoms with E-state index in [1.54, 1.807) is 18.2 Å². The number of phenolic OH excluding ortho intramolecular Hbond substituents is 1. The number of phenols is 1. The molecular formula is C34H46N2O6. The maximum absolute atomic E-state index is 13.2. The van der Waals surface area contributed by atoms with E-state index in [1.165, 1.54) is 19.3 Å². The first-order valence-corrected chi connectivity index (χ1v) is 15.2. The molecule has 1 aromatic carbocycles. The number of nitrogens with zero attached hydrogens (tertiary/aromatic N) is 1. The summed E-state index contributed by atoms with van der Waals surface area (Å²) in [5.74, 6) is 0.298. The lowest BCUT2D eigenvalue weighted by Gasteiger charge is -2.57. The lowest BCUT2D eigenvalue weighted by atomic mass is 9.46. The lowest BCUT2D eigenvalue weighted by molar-refractivity contribution is -0.137. The zero-order chi connectivity index (χ0) is 30.5. The summed E-state index contributed by atoms with van der Waals surface area (Å²) in [6, 6.07) is 4.88. The smallest absolute Gasteiger partial charge is 0.331 e. The van der Waals surface area contributed by atoms with Gasteiger partial charge in [-0.3, -0.25) is 9.59 Å². The number of aliphatic carboxylic acids is 1. The number of nitrogens with one attached hydrogen (secondary N) is 1. The van der Waals surface area contributed by atoms with Crippen LogP contribution in [0.5, 0.6) is 11.5 Å². The number of methoxy groups -OCH3 is 1. The van der Waals surface area contributed by atoms with Crippen LogP contribution in [0.4, 0.5) is 0 Å². The van der Waals surface area contributed by atoms with Crippen LogP contribution in [0, 0.1) is 22.7 Å². The highest BCUT2D eigenvalue weighted by Crippen LogP contribution is 2.62. The molecule has 1 fully saturated rings. The molecule has 3 N–H and O–H groups in total. The Morgan fingerprint density at radius 2 is 1.98 bits per heavy atom.